The van der Waals surface area contributed by atoms with Crippen molar-refractivity contribution in [3.05, 3.63) is 24.3 Å². The first kappa shape index (κ1) is 16.1. The number of benzene rings is 1. The number of piperidine rings is 1. The molecular formula is C17H25N3O3. The number of ether oxygens (including phenoxy) is 2. The zero-order valence-electron chi connectivity index (χ0n) is 13.5. The molecule has 0 bridgehead atoms. The summed E-state index contributed by atoms with van der Waals surface area (Å²) < 4.78 is 11.8. The van der Waals surface area contributed by atoms with Crippen molar-refractivity contribution in [1.82, 2.24) is 10.2 Å². The van der Waals surface area contributed by atoms with Crippen molar-refractivity contribution in [2.24, 2.45) is 5.73 Å². The van der Waals surface area contributed by atoms with Gasteiger partial charge in [-0.25, -0.2) is 0 Å². The molecule has 1 aromatic carbocycles. The Kier molecular flexibility index (Phi) is 5.03. The van der Waals surface area contributed by atoms with E-state index in [2.05, 4.69) is 10.2 Å². The van der Waals surface area contributed by atoms with E-state index in [4.69, 9.17) is 15.2 Å². The maximum Gasteiger partial charge on any atom is 0.236 e. The molecule has 6 heteroatoms. The van der Waals surface area contributed by atoms with Crippen molar-refractivity contribution in [3.63, 3.8) is 0 Å². The van der Waals surface area contributed by atoms with Gasteiger partial charge in [-0.3, -0.25) is 9.69 Å². The molecule has 1 saturated heterocycles. The highest BCUT2D eigenvalue weighted by atomic mass is 16.6. The fourth-order valence-corrected chi connectivity index (χ4v) is 3.11. The molecule has 3 N–H and O–H groups in total. The fraction of sp³-hybridized carbons (Fsp3) is 0.588. The molecule has 2 aliphatic heterocycles. The summed E-state index contributed by atoms with van der Waals surface area (Å²) in [4.78, 5) is 14.1. The van der Waals surface area contributed by atoms with Crippen molar-refractivity contribution in [2.45, 2.75) is 38.0 Å². The molecule has 6 nitrogen and oxygen atoms in total. The SMILES string of the molecule is CC(N)C(=O)N[C@H]1CCCN(C[C@H]2COc3ccccc3O2)C1. The van der Waals surface area contributed by atoms with Crippen LogP contribution < -0.4 is 20.5 Å². The van der Waals surface area contributed by atoms with Gasteiger partial charge in [0.15, 0.2) is 11.5 Å². The Labute approximate surface area is 136 Å². The van der Waals surface area contributed by atoms with E-state index in [1.54, 1.807) is 6.92 Å². The monoisotopic (exact) mass is 319 g/mol. The van der Waals surface area contributed by atoms with Gasteiger partial charge < -0.3 is 20.5 Å². The average Bonchev–Trinajstić information content (AvgIpc) is 2.55. The van der Waals surface area contributed by atoms with Crippen LogP contribution in [0.15, 0.2) is 24.3 Å². The van der Waals surface area contributed by atoms with E-state index in [0.717, 1.165) is 44.0 Å². The summed E-state index contributed by atoms with van der Waals surface area (Å²) in [6, 6.07) is 7.45. The Morgan fingerprint density at radius 2 is 2.22 bits per heavy atom. The first-order valence-electron chi connectivity index (χ1n) is 8.28. The normalized spacial score (nSPS) is 25.7. The molecule has 3 atom stereocenters. The smallest absolute Gasteiger partial charge is 0.236 e. The van der Waals surface area contributed by atoms with Crippen LogP contribution >= 0.6 is 0 Å². The van der Waals surface area contributed by atoms with Crippen LogP contribution in [0.1, 0.15) is 19.8 Å². The van der Waals surface area contributed by atoms with Crippen LogP contribution in [0.2, 0.25) is 0 Å². The van der Waals surface area contributed by atoms with Crippen molar-refractivity contribution < 1.29 is 14.3 Å². The maximum atomic E-state index is 11.7. The second-order valence-corrected chi connectivity index (χ2v) is 6.39. The highest BCUT2D eigenvalue weighted by Gasteiger charge is 2.27. The number of amides is 1. The van der Waals surface area contributed by atoms with Crippen LogP contribution in [0.4, 0.5) is 0 Å². The largest absolute Gasteiger partial charge is 0.486 e. The molecule has 0 aromatic heterocycles. The van der Waals surface area contributed by atoms with Gasteiger partial charge in [-0.1, -0.05) is 12.1 Å². The number of nitrogens with zero attached hydrogens (tertiary/aromatic N) is 1. The number of fused-ring (bicyclic) bond motifs is 1. The standard InChI is InChI=1S/C17H25N3O3/c1-12(18)17(21)19-13-5-4-8-20(9-13)10-14-11-22-15-6-2-3-7-16(15)23-14/h2-3,6-7,12-14H,4-5,8-11,18H2,1H3,(H,19,21)/t12?,13-,14-/m0/s1. The summed E-state index contributed by atoms with van der Waals surface area (Å²) in [7, 11) is 0. The topological polar surface area (TPSA) is 76.8 Å². The fourth-order valence-electron chi connectivity index (χ4n) is 3.11. The number of likely N-dealkylation sites (tertiary alicyclic amines) is 1. The predicted molar refractivity (Wildman–Crippen MR) is 87.6 cm³/mol. The summed E-state index contributed by atoms with van der Waals surface area (Å²) in [6.07, 6.45) is 2.08. The van der Waals surface area contributed by atoms with Crippen LogP contribution in [0.5, 0.6) is 11.5 Å². The summed E-state index contributed by atoms with van der Waals surface area (Å²) in [6.45, 7) is 4.93. The molecule has 1 fully saturated rings. The Morgan fingerprint density at radius 1 is 1.43 bits per heavy atom. The van der Waals surface area contributed by atoms with Crippen molar-refractivity contribution in [2.75, 3.05) is 26.2 Å². The number of nitrogens with two attached hydrogens (primary N) is 1. The maximum absolute atomic E-state index is 11.7. The lowest BCUT2D eigenvalue weighted by atomic mass is 10.0. The summed E-state index contributed by atoms with van der Waals surface area (Å²) in [5.41, 5.74) is 5.62. The Bertz CT molecular complexity index is 550. The van der Waals surface area contributed by atoms with Gasteiger partial charge in [0.2, 0.25) is 5.91 Å². The van der Waals surface area contributed by atoms with Gasteiger partial charge in [-0.05, 0) is 38.4 Å². The van der Waals surface area contributed by atoms with Gasteiger partial charge in [0, 0.05) is 19.1 Å². The van der Waals surface area contributed by atoms with Crippen LogP contribution in [-0.4, -0.2) is 55.2 Å². The highest BCUT2D eigenvalue weighted by Crippen LogP contribution is 2.31. The Balaban J connectivity index is 1.51. The predicted octanol–water partition coefficient (Wildman–Crippen LogP) is 0.754. The summed E-state index contributed by atoms with van der Waals surface area (Å²) in [5, 5.41) is 3.02. The number of hydrogen-bond donors (Lipinski definition) is 2. The third kappa shape index (κ3) is 4.14. The van der Waals surface area contributed by atoms with E-state index in [9.17, 15) is 4.79 Å². The van der Waals surface area contributed by atoms with E-state index in [1.807, 2.05) is 24.3 Å². The molecule has 3 rings (SSSR count). The number of carbonyl (C=O) groups excluding carboxylic acids is 1. The lowest BCUT2D eigenvalue weighted by Gasteiger charge is -2.36. The summed E-state index contributed by atoms with van der Waals surface area (Å²) in [5.74, 6) is 1.54. The van der Waals surface area contributed by atoms with Gasteiger partial charge in [-0.2, -0.15) is 0 Å². The van der Waals surface area contributed by atoms with Gasteiger partial charge in [0.25, 0.3) is 0 Å². The molecule has 126 valence electrons. The van der Waals surface area contributed by atoms with Crippen LogP contribution in [0.25, 0.3) is 0 Å². The number of para-hydroxylation sites is 2. The van der Waals surface area contributed by atoms with Gasteiger partial charge in [-0.15, -0.1) is 0 Å². The molecule has 1 unspecified atom stereocenters. The minimum Gasteiger partial charge on any atom is -0.486 e. The third-order valence-electron chi connectivity index (χ3n) is 4.29. The molecule has 2 heterocycles. The quantitative estimate of drug-likeness (QED) is 0.856. The average molecular weight is 319 g/mol. The molecule has 1 amide bonds. The van der Waals surface area contributed by atoms with E-state index >= 15 is 0 Å². The zero-order chi connectivity index (χ0) is 16.2. The molecule has 2 aliphatic rings. The van der Waals surface area contributed by atoms with E-state index < -0.39 is 6.04 Å². The van der Waals surface area contributed by atoms with Crippen LogP contribution in [0, 0.1) is 0 Å². The minimum absolute atomic E-state index is 0.0211. The van der Waals surface area contributed by atoms with Crippen molar-refractivity contribution in [1.29, 1.82) is 0 Å². The zero-order valence-corrected chi connectivity index (χ0v) is 13.5. The van der Waals surface area contributed by atoms with Gasteiger partial charge >= 0.3 is 0 Å². The van der Waals surface area contributed by atoms with Crippen molar-refractivity contribution >= 4 is 5.91 Å². The van der Waals surface area contributed by atoms with E-state index in [0.29, 0.717) is 6.61 Å². The Hall–Kier alpha value is -1.79. The third-order valence-corrected chi connectivity index (χ3v) is 4.29. The summed E-state index contributed by atoms with van der Waals surface area (Å²) >= 11 is 0. The van der Waals surface area contributed by atoms with Crippen LogP contribution in [0.3, 0.4) is 0 Å². The molecule has 23 heavy (non-hydrogen) atoms. The molecule has 0 radical (unpaired) electrons. The molecule has 1 aromatic rings. The Morgan fingerprint density at radius 3 is 3.00 bits per heavy atom. The number of nitrogens with one attached hydrogen (secondary N) is 1. The van der Waals surface area contributed by atoms with Crippen molar-refractivity contribution in [3.8, 4) is 11.5 Å². The second kappa shape index (κ2) is 7.19. The number of carbonyl (C=O) groups is 1. The van der Waals surface area contributed by atoms with E-state index in [1.165, 1.54) is 0 Å². The van der Waals surface area contributed by atoms with Gasteiger partial charge in [0.05, 0.1) is 6.04 Å². The first-order chi connectivity index (χ1) is 11.1. The highest BCUT2D eigenvalue weighted by molar-refractivity contribution is 5.81. The second-order valence-electron chi connectivity index (χ2n) is 6.39. The lowest BCUT2D eigenvalue weighted by molar-refractivity contribution is -0.123. The number of hydrogen-bond acceptors (Lipinski definition) is 5. The minimum atomic E-state index is -0.461. The van der Waals surface area contributed by atoms with Gasteiger partial charge in [0.1, 0.15) is 12.7 Å². The molecular weight excluding hydrogens is 294 g/mol. The molecule has 0 aliphatic carbocycles. The number of rotatable bonds is 4. The molecule has 0 saturated carbocycles. The van der Waals surface area contributed by atoms with Crippen LogP contribution in [-0.2, 0) is 4.79 Å². The van der Waals surface area contributed by atoms with E-state index in [-0.39, 0.29) is 18.1 Å². The first-order valence-corrected chi connectivity index (χ1v) is 8.28. The lowest BCUT2D eigenvalue weighted by Crippen LogP contribution is -2.53. The molecule has 0 spiro atoms.